The molecule has 0 atom stereocenters. The van der Waals surface area contributed by atoms with E-state index in [-0.39, 0.29) is 0 Å². The number of rotatable bonds is 3. The zero-order valence-corrected chi connectivity index (χ0v) is 8.27. The van der Waals surface area contributed by atoms with E-state index in [2.05, 4.69) is 18.8 Å². The summed E-state index contributed by atoms with van der Waals surface area (Å²) in [5, 5.41) is 0.666. The first-order valence-electron chi connectivity index (χ1n) is 4.00. The van der Waals surface area contributed by atoms with Crippen LogP contribution in [0.3, 0.4) is 0 Å². The van der Waals surface area contributed by atoms with Gasteiger partial charge in [0.2, 0.25) is 0 Å². The first kappa shape index (κ1) is 9.39. The largest absolute Gasteiger partial charge is 0.384 e. The Morgan fingerprint density at radius 2 is 2.33 bits per heavy atom. The summed E-state index contributed by atoms with van der Waals surface area (Å²) in [4.78, 5) is 3.94. The standard InChI is InChI=1S/C9H14N2S/c1-7(2)12-6-8-3-4-11-9(10)5-8/h3-5,7H,6H2,1-2H3,(H2,10,11). The van der Waals surface area contributed by atoms with Crippen molar-refractivity contribution < 1.29 is 0 Å². The molecule has 0 saturated heterocycles. The van der Waals surface area contributed by atoms with E-state index in [0.717, 1.165) is 5.75 Å². The van der Waals surface area contributed by atoms with Crippen molar-refractivity contribution in [1.29, 1.82) is 0 Å². The van der Waals surface area contributed by atoms with Crippen LogP contribution in [0.1, 0.15) is 19.4 Å². The summed E-state index contributed by atoms with van der Waals surface area (Å²) in [5.41, 5.74) is 6.80. The molecule has 0 amide bonds. The fraction of sp³-hybridized carbons (Fsp3) is 0.444. The van der Waals surface area contributed by atoms with Crippen molar-refractivity contribution in [1.82, 2.24) is 4.98 Å². The molecule has 12 heavy (non-hydrogen) atoms. The Labute approximate surface area is 77.6 Å². The normalized spacial score (nSPS) is 10.6. The van der Waals surface area contributed by atoms with Crippen LogP contribution in [0.25, 0.3) is 0 Å². The Morgan fingerprint density at radius 3 is 2.92 bits per heavy atom. The predicted octanol–water partition coefficient (Wildman–Crippen LogP) is 2.31. The summed E-state index contributed by atoms with van der Waals surface area (Å²) in [7, 11) is 0. The quantitative estimate of drug-likeness (QED) is 0.779. The van der Waals surface area contributed by atoms with Crippen molar-refractivity contribution in [3.05, 3.63) is 23.9 Å². The summed E-state index contributed by atoms with van der Waals surface area (Å²) in [6, 6.07) is 3.93. The Balaban J connectivity index is 2.52. The first-order valence-corrected chi connectivity index (χ1v) is 5.05. The summed E-state index contributed by atoms with van der Waals surface area (Å²) >= 11 is 1.91. The third-order valence-corrected chi connectivity index (χ3v) is 2.60. The number of nitrogen functional groups attached to an aromatic ring is 1. The molecular weight excluding hydrogens is 168 g/mol. The lowest BCUT2D eigenvalue weighted by molar-refractivity contribution is 1.11. The highest BCUT2D eigenvalue weighted by Gasteiger charge is 1.97. The van der Waals surface area contributed by atoms with E-state index in [9.17, 15) is 0 Å². The second kappa shape index (κ2) is 4.36. The minimum Gasteiger partial charge on any atom is -0.384 e. The minimum atomic E-state index is 0.608. The molecule has 1 heterocycles. The summed E-state index contributed by atoms with van der Waals surface area (Å²) in [5.74, 6) is 1.63. The van der Waals surface area contributed by atoms with Gasteiger partial charge in [0.1, 0.15) is 5.82 Å². The van der Waals surface area contributed by atoms with Gasteiger partial charge in [0.15, 0.2) is 0 Å². The average Bonchev–Trinajstić information content (AvgIpc) is 2.01. The molecule has 0 unspecified atom stereocenters. The molecule has 0 radical (unpaired) electrons. The van der Waals surface area contributed by atoms with Crippen molar-refractivity contribution in [3.8, 4) is 0 Å². The molecule has 0 spiro atoms. The van der Waals surface area contributed by atoms with E-state index >= 15 is 0 Å². The minimum absolute atomic E-state index is 0.608. The zero-order valence-electron chi connectivity index (χ0n) is 7.45. The molecule has 0 fully saturated rings. The van der Waals surface area contributed by atoms with Crippen molar-refractivity contribution in [2.75, 3.05) is 5.73 Å². The van der Waals surface area contributed by atoms with E-state index in [1.165, 1.54) is 5.56 Å². The van der Waals surface area contributed by atoms with E-state index in [1.54, 1.807) is 6.20 Å². The van der Waals surface area contributed by atoms with Gasteiger partial charge in [0.05, 0.1) is 0 Å². The number of hydrogen-bond donors (Lipinski definition) is 1. The van der Waals surface area contributed by atoms with Gasteiger partial charge in [0.25, 0.3) is 0 Å². The van der Waals surface area contributed by atoms with Crippen LogP contribution in [0.15, 0.2) is 18.3 Å². The zero-order chi connectivity index (χ0) is 8.97. The lowest BCUT2D eigenvalue weighted by atomic mass is 10.3. The molecule has 1 aromatic rings. The van der Waals surface area contributed by atoms with Gasteiger partial charge in [-0.1, -0.05) is 13.8 Å². The van der Waals surface area contributed by atoms with Crippen LogP contribution in [-0.4, -0.2) is 10.2 Å². The maximum absolute atomic E-state index is 5.54. The SMILES string of the molecule is CC(C)SCc1ccnc(N)c1. The fourth-order valence-corrected chi connectivity index (χ4v) is 1.55. The number of thioether (sulfide) groups is 1. The van der Waals surface area contributed by atoms with E-state index in [1.807, 2.05) is 23.9 Å². The van der Waals surface area contributed by atoms with Gasteiger partial charge in [-0.25, -0.2) is 4.98 Å². The smallest absolute Gasteiger partial charge is 0.123 e. The van der Waals surface area contributed by atoms with Crippen LogP contribution in [0.5, 0.6) is 0 Å². The lowest BCUT2D eigenvalue weighted by Gasteiger charge is -2.04. The van der Waals surface area contributed by atoms with Crippen molar-refractivity contribution in [2.24, 2.45) is 0 Å². The highest BCUT2D eigenvalue weighted by atomic mass is 32.2. The number of pyridine rings is 1. The van der Waals surface area contributed by atoms with E-state index < -0.39 is 0 Å². The molecule has 3 heteroatoms. The number of nitrogens with zero attached hydrogens (tertiary/aromatic N) is 1. The first-order chi connectivity index (χ1) is 5.68. The Hall–Kier alpha value is -0.700. The van der Waals surface area contributed by atoms with Crippen LogP contribution >= 0.6 is 11.8 Å². The number of anilines is 1. The topological polar surface area (TPSA) is 38.9 Å². The van der Waals surface area contributed by atoms with Gasteiger partial charge in [-0.3, -0.25) is 0 Å². The Bertz CT molecular complexity index is 248. The second-order valence-corrected chi connectivity index (χ2v) is 4.51. The van der Waals surface area contributed by atoms with E-state index in [0.29, 0.717) is 11.1 Å². The Morgan fingerprint density at radius 1 is 1.58 bits per heavy atom. The fourth-order valence-electron chi connectivity index (χ4n) is 0.847. The van der Waals surface area contributed by atoms with Crippen LogP contribution in [0, 0.1) is 0 Å². The number of nitrogens with two attached hydrogens (primary N) is 1. The highest BCUT2D eigenvalue weighted by Crippen LogP contribution is 2.17. The predicted molar refractivity (Wildman–Crippen MR) is 55.1 cm³/mol. The maximum atomic E-state index is 5.54. The lowest BCUT2D eigenvalue weighted by Crippen LogP contribution is -1.93. The molecule has 0 aliphatic heterocycles. The molecule has 0 aliphatic rings. The van der Waals surface area contributed by atoms with Crippen LogP contribution in [0.2, 0.25) is 0 Å². The number of hydrogen-bond acceptors (Lipinski definition) is 3. The summed E-state index contributed by atoms with van der Waals surface area (Å²) in [6.45, 7) is 4.38. The molecule has 1 rings (SSSR count). The van der Waals surface area contributed by atoms with Crippen molar-refractivity contribution in [2.45, 2.75) is 24.9 Å². The molecule has 0 aromatic carbocycles. The van der Waals surface area contributed by atoms with E-state index in [4.69, 9.17) is 5.73 Å². The van der Waals surface area contributed by atoms with Crippen LogP contribution in [-0.2, 0) is 5.75 Å². The van der Waals surface area contributed by atoms with Gasteiger partial charge >= 0.3 is 0 Å². The monoisotopic (exact) mass is 182 g/mol. The van der Waals surface area contributed by atoms with Crippen molar-refractivity contribution >= 4 is 17.6 Å². The molecule has 66 valence electrons. The van der Waals surface area contributed by atoms with Gasteiger partial charge in [-0.15, -0.1) is 0 Å². The summed E-state index contributed by atoms with van der Waals surface area (Å²) in [6.07, 6.45) is 1.76. The molecule has 0 aliphatic carbocycles. The third-order valence-electron chi connectivity index (χ3n) is 1.43. The van der Waals surface area contributed by atoms with Crippen LogP contribution in [0.4, 0.5) is 5.82 Å². The molecule has 1 aromatic heterocycles. The molecular formula is C9H14N2S. The van der Waals surface area contributed by atoms with Gasteiger partial charge in [-0.05, 0) is 22.9 Å². The van der Waals surface area contributed by atoms with Gasteiger partial charge < -0.3 is 5.73 Å². The average molecular weight is 182 g/mol. The molecule has 0 saturated carbocycles. The summed E-state index contributed by atoms with van der Waals surface area (Å²) < 4.78 is 0. The molecule has 0 bridgehead atoms. The number of aromatic nitrogens is 1. The van der Waals surface area contributed by atoms with Crippen molar-refractivity contribution in [3.63, 3.8) is 0 Å². The molecule has 2 nitrogen and oxygen atoms in total. The highest BCUT2D eigenvalue weighted by molar-refractivity contribution is 7.99. The van der Waals surface area contributed by atoms with Gasteiger partial charge in [-0.2, -0.15) is 11.8 Å². The second-order valence-electron chi connectivity index (χ2n) is 2.95. The molecule has 2 N–H and O–H groups in total. The third kappa shape index (κ3) is 3.13. The maximum Gasteiger partial charge on any atom is 0.123 e. The Kier molecular flexibility index (Phi) is 3.41. The van der Waals surface area contributed by atoms with Gasteiger partial charge in [0, 0.05) is 11.9 Å². The van der Waals surface area contributed by atoms with Crippen LogP contribution < -0.4 is 5.73 Å².